The molecule has 0 radical (unpaired) electrons. The molecule has 4 heteroatoms. The minimum absolute atomic E-state index is 0.536. The van der Waals surface area contributed by atoms with Gasteiger partial charge >= 0.3 is 0 Å². The zero-order chi connectivity index (χ0) is 14.1. The Morgan fingerprint density at radius 2 is 1.43 bits per heavy atom. The van der Waals surface area contributed by atoms with Gasteiger partial charge in [-0.05, 0) is 36.4 Å². The number of hydrogen-bond acceptors (Lipinski definition) is 4. The first-order valence-corrected chi connectivity index (χ1v) is 6.56. The Bertz CT molecular complexity index is 776. The van der Waals surface area contributed by atoms with Crippen LogP contribution in [0.4, 0.5) is 0 Å². The van der Waals surface area contributed by atoms with Gasteiger partial charge < -0.3 is 13.3 Å². The largest absolute Gasteiger partial charge is 0.463 e. The van der Waals surface area contributed by atoms with E-state index in [4.69, 9.17) is 13.3 Å². The smallest absolute Gasteiger partial charge is 0.227 e. The van der Waals surface area contributed by atoms with Crippen LogP contribution in [-0.4, -0.2) is 4.98 Å². The van der Waals surface area contributed by atoms with E-state index in [9.17, 15) is 0 Å². The standard InChI is InChI=1S/C17H11NO3/c1-2-6-12(7-3-1)17-18-15(13-8-4-10-19-13)16(21-17)14-9-5-11-20-14/h1-11H. The predicted octanol–water partition coefficient (Wildman–Crippen LogP) is 4.86. The molecule has 0 aliphatic heterocycles. The Hall–Kier alpha value is -3.01. The van der Waals surface area contributed by atoms with Crippen LogP contribution < -0.4 is 0 Å². The first kappa shape index (κ1) is 11.8. The fraction of sp³-hybridized carbons (Fsp3) is 0. The lowest BCUT2D eigenvalue weighted by molar-refractivity contribution is 0.527. The Balaban J connectivity index is 1.91. The first-order chi connectivity index (χ1) is 10.4. The number of rotatable bonds is 3. The summed E-state index contributed by atoms with van der Waals surface area (Å²) in [6.45, 7) is 0. The molecule has 0 aliphatic carbocycles. The molecule has 0 atom stereocenters. The number of hydrogen-bond donors (Lipinski definition) is 0. The number of oxazole rings is 1. The average molecular weight is 277 g/mol. The Morgan fingerprint density at radius 3 is 2.10 bits per heavy atom. The molecule has 4 rings (SSSR count). The molecule has 3 aromatic heterocycles. The highest BCUT2D eigenvalue weighted by Crippen LogP contribution is 2.36. The van der Waals surface area contributed by atoms with E-state index in [-0.39, 0.29) is 0 Å². The van der Waals surface area contributed by atoms with E-state index < -0.39 is 0 Å². The van der Waals surface area contributed by atoms with Crippen molar-refractivity contribution in [3.8, 4) is 34.4 Å². The number of nitrogens with zero attached hydrogens (tertiary/aromatic N) is 1. The minimum atomic E-state index is 0.536. The van der Waals surface area contributed by atoms with Gasteiger partial charge in [-0.1, -0.05) is 18.2 Å². The highest BCUT2D eigenvalue weighted by Gasteiger charge is 2.21. The summed E-state index contributed by atoms with van der Waals surface area (Å²) in [5.41, 5.74) is 1.54. The van der Waals surface area contributed by atoms with Crippen molar-refractivity contribution in [3.05, 3.63) is 67.1 Å². The molecule has 4 nitrogen and oxygen atoms in total. The molecule has 0 saturated heterocycles. The third-order valence-electron chi connectivity index (χ3n) is 3.15. The maximum absolute atomic E-state index is 5.90. The van der Waals surface area contributed by atoms with E-state index >= 15 is 0 Å². The first-order valence-electron chi connectivity index (χ1n) is 6.56. The Labute approximate surface area is 120 Å². The zero-order valence-corrected chi connectivity index (χ0v) is 11.0. The molecule has 0 saturated carbocycles. The molecule has 102 valence electrons. The zero-order valence-electron chi connectivity index (χ0n) is 11.0. The van der Waals surface area contributed by atoms with Gasteiger partial charge in [-0.3, -0.25) is 0 Å². The van der Waals surface area contributed by atoms with Gasteiger partial charge in [0.25, 0.3) is 0 Å². The Kier molecular flexibility index (Phi) is 2.71. The van der Waals surface area contributed by atoms with Gasteiger partial charge in [0.2, 0.25) is 11.7 Å². The van der Waals surface area contributed by atoms with Gasteiger partial charge in [0.15, 0.2) is 17.2 Å². The molecule has 0 N–H and O–H groups in total. The van der Waals surface area contributed by atoms with Crippen LogP contribution in [0.1, 0.15) is 0 Å². The monoisotopic (exact) mass is 277 g/mol. The highest BCUT2D eigenvalue weighted by atomic mass is 16.4. The average Bonchev–Trinajstić information content (AvgIpc) is 3.27. The summed E-state index contributed by atoms with van der Waals surface area (Å²) in [6, 6.07) is 17.0. The van der Waals surface area contributed by atoms with Gasteiger partial charge in [0, 0.05) is 5.56 Å². The van der Waals surface area contributed by atoms with E-state index in [0.717, 1.165) is 5.56 Å². The molecule has 0 bridgehead atoms. The number of furan rings is 2. The van der Waals surface area contributed by atoms with Gasteiger partial charge in [0.05, 0.1) is 12.5 Å². The summed E-state index contributed by atoms with van der Waals surface area (Å²) in [7, 11) is 0. The summed E-state index contributed by atoms with van der Waals surface area (Å²) in [5.74, 6) is 2.37. The molecular formula is C17H11NO3. The SMILES string of the molecule is c1ccc(-c2nc(-c3ccco3)c(-c3ccco3)o2)cc1. The molecular weight excluding hydrogens is 266 g/mol. The van der Waals surface area contributed by atoms with Crippen LogP contribution in [0.2, 0.25) is 0 Å². The number of benzene rings is 1. The molecule has 0 amide bonds. The maximum atomic E-state index is 5.90. The third kappa shape index (κ3) is 2.07. The lowest BCUT2D eigenvalue weighted by atomic mass is 10.2. The Morgan fingerprint density at radius 1 is 0.714 bits per heavy atom. The summed E-state index contributed by atoms with van der Waals surface area (Å²) < 4.78 is 16.8. The van der Waals surface area contributed by atoms with Gasteiger partial charge in [-0.2, -0.15) is 0 Å². The second-order valence-electron chi connectivity index (χ2n) is 4.52. The maximum Gasteiger partial charge on any atom is 0.227 e. The summed E-state index contributed by atoms with van der Waals surface area (Å²) in [6.07, 6.45) is 3.21. The van der Waals surface area contributed by atoms with Crippen LogP contribution in [0, 0.1) is 0 Å². The third-order valence-corrected chi connectivity index (χ3v) is 3.15. The van der Waals surface area contributed by atoms with Crippen molar-refractivity contribution in [3.63, 3.8) is 0 Å². The molecule has 4 aromatic rings. The van der Waals surface area contributed by atoms with Crippen molar-refractivity contribution in [1.82, 2.24) is 4.98 Å². The van der Waals surface area contributed by atoms with Crippen molar-refractivity contribution < 1.29 is 13.3 Å². The van der Waals surface area contributed by atoms with Crippen molar-refractivity contribution in [2.24, 2.45) is 0 Å². The normalized spacial score (nSPS) is 10.9. The van der Waals surface area contributed by atoms with E-state index in [1.165, 1.54) is 0 Å². The van der Waals surface area contributed by atoms with Crippen LogP contribution in [0.5, 0.6) is 0 Å². The fourth-order valence-corrected chi connectivity index (χ4v) is 2.18. The van der Waals surface area contributed by atoms with Crippen molar-refractivity contribution >= 4 is 0 Å². The second-order valence-corrected chi connectivity index (χ2v) is 4.52. The second kappa shape index (κ2) is 4.83. The highest BCUT2D eigenvalue weighted by molar-refractivity contribution is 5.74. The van der Waals surface area contributed by atoms with Gasteiger partial charge in [-0.15, -0.1) is 0 Å². The van der Waals surface area contributed by atoms with Gasteiger partial charge in [0.1, 0.15) is 0 Å². The lowest BCUT2D eigenvalue weighted by Gasteiger charge is -1.93. The molecule has 3 heterocycles. The van der Waals surface area contributed by atoms with E-state index in [1.54, 1.807) is 12.5 Å². The fourth-order valence-electron chi connectivity index (χ4n) is 2.18. The predicted molar refractivity (Wildman–Crippen MR) is 77.3 cm³/mol. The topological polar surface area (TPSA) is 52.3 Å². The van der Waals surface area contributed by atoms with Crippen LogP contribution >= 0.6 is 0 Å². The lowest BCUT2D eigenvalue weighted by Crippen LogP contribution is -1.79. The van der Waals surface area contributed by atoms with Crippen LogP contribution in [-0.2, 0) is 0 Å². The number of aromatic nitrogens is 1. The van der Waals surface area contributed by atoms with Gasteiger partial charge in [-0.25, -0.2) is 4.98 Å². The van der Waals surface area contributed by atoms with E-state index in [0.29, 0.717) is 28.9 Å². The minimum Gasteiger partial charge on any atom is -0.463 e. The van der Waals surface area contributed by atoms with E-state index in [1.807, 2.05) is 54.6 Å². The summed E-state index contributed by atoms with van der Waals surface area (Å²) >= 11 is 0. The summed E-state index contributed by atoms with van der Waals surface area (Å²) in [4.78, 5) is 4.56. The molecule has 1 aromatic carbocycles. The van der Waals surface area contributed by atoms with Crippen LogP contribution in [0.3, 0.4) is 0 Å². The molecule has 0 fully saturated rings. The van der Waals surface area contributed by atoms with Crippen LogP contribution in [0.15, 0.2) is 80.4 Å². The van der Waals surface area contributed by atoms with Crippen molar-refractivity contribution in [2.45, 2.75) is 0 Å². The molecule has 0 unspecified atom stereocenters. The molecule has 0 aliphatic rings. The molecule has 0 spiro atoms. The van der Waals surface area contributed by atoms with Crippen LogP contribution in [0.25, 0.3) is 34.4 Å². The van der Waals surface area contributed by atoms with E-state index in [2.05, 4.69) is 4.98 Å². The molecule has 21 heavy (non-hydrogen) atoms. The van der Waals surface area contributed by atoms with Crippen molar-refractivity contribution in [2.75, 3.05) is 0 Å². The van der Waals surface area contributed by atoms with Crippen molar-refractivity contribution in [1.29, 1.82) is 0 Å². The summed E-state index contributed by atoms with van der Waals surface area (Å²) in [5, 5.41) is 0. The quantitative estimate of drug-likeness (QED) is 0.536.